The summed E-state index contributed by atoms with van der Waals surface area (Å²) in [5, 5.41) is 0. The number of hydrogen-bond donors (Lipinski definition) is 1. The highest BCUT2D eigenvalue weighted by Crippen LogP contribution is 2.20. The van der Waals surface area contributed by atoms with Crippen LogP contribution < -0.4 is 10.5 Å². The summed E-state index contributed by atoms with van der Waals surface area (Å²) in [5.74, 6) is 0.539. The number of amides is 1. The summed E-state index contributed by atoms with van der Waals surface area (Å²) in [6.45, 7) is 4.11. The summed E-state index contributed by atoms with van der Waals surface area (Å²) in [5.41, 5.74) is 6.32. The first kappa shape index (κ1) is 14.7. The summed E-state index contributed by atoms with van der Waals surface area (Å²) in [6, 6.07) is 7.19. The molecule has 0 saturated carbocycles. The molecule has 1 atom stereocenters. The molecule has 110 valence electrons. The number of rotatable bonds is 5. The second-order valence-electron chi connectivity index (χ2n) is 4.89. The van der Waals surface area contributed by atoms with Crippen molar-refractivity contribution in [3.63, 3.8) is 0 Å². The van der Waals surface area contributed by atoms with Gasteiger partial charge in [-0.3, -0.25) is 4.79 Å². The van der Waals surface area contributed by atoms with E-state index in [2.05, 4.69) is 0 Å². The largest absolute Gasteiger partial charge is 0.482 e. The summed E-state index contributed by atoms with van der Waals surface area (Å²) in [4.78, 5) is 13.9. The third-order valence-electron chi connectivity index (χ3n) is 3.40. The van der Waals surface area contributed by atoms with Gasteiger partial charge in [-0.2, -0.15) is 0 Å². The third kappa shape index (κ3) is 3.87. The zero-order valence-corrected chi connectivity index (χ0v) is 11.9. The van der Waals surface area contributed by atoms with Crippen molar-refractivity contribution in [3.05, 3.63) is 24.3 Å². The maximum absolute atomic E-state index is 12.1. The second kappa shape index (κ2) is 7.14. The van der Waals surface area contributed by atoms with Gasteiger partial charge >= 0.3 is 0 Å². The number of nitrogen functional groups attached to an aromatic ring is 1. The Hall–Kier alpha value is -1.75. The minimum absolute atomic E-state index is 0.0161. The van der Waals surface area contributed by atoms with Crippen LogP contribution in [0.5, 0.6) is 5.75 Å². The van der Waals surface area contributed by atoms with Gasteiger partial charge in [0.25, 0.3) is 5.91 Å². The summed E-state index contributed by atoms with van der Waals surface area (Å²) < 4.78 is 11.1. The molecule has 1 aliphatic heterocycles. The van der Waals surface area contributed by atoms with Crippen LogP contribution in [0.25, 0.3) is 0 Å². The lowest BCUT2D eigenvalue weighted by molar-refractivity contribution is -0.137. The van der Waals surface area contributed by atoms with E-state index in [9.17, 15) is 4.79 Å². The third-order valence-corrected chi connectivity index (χ3v) is 3.40. The second-order valence-corrected chi connectivity index (χ2v) is 4.89. The molecule has 1 aliphatic rings. The van der Waals surface area contributed by atoms with E-state index in [1.807, 2.05) is 24.0 Å². The van der Waals surface area contributed by atoms with E-state index >= 15 is 0 Å². The van der Waals surface area contributed by atoms with Gasteiger partial charge in [0.2, 0.25) is 0 Å². The van der Waals surface area contributed by atoms with E-state index in [-0.39, 0.29) is 18.6 Å². The Morgan fingerprint density at radius 1 is 1.45 bits per heavy atom. The Labute approximate surface area is 119 Å². The van der Waals surface area contributed by atoms with Gasteiger partial charge in [-0.25, -0.2) is 0 Å². The molecule has 1 saturated heterocycles. The van der Waals surface area contributed by atoms with E-state index in [1.165, 1.54) is 0 Å². The highest BCUT2D eigenvalue weighted by Gasteiger charge is 2.24. The number of hydrogen-bond acceptors (Lipinski definition) is 4. The molecule has 20 heavy (non-hydrogen) atoms. The van der Waals surface area contributed by atoms with Crippen molar-refractivity contribution in [1.82, 2.24) is 4.90 Å². The van der Waals surface area contributed by atoms with Crippen LogP contribution in [0.3, 0.4) is 0 Å². The van der Waals surface area contributed by atoms with Crippen LogP contribution >= 0.6 is 0 Å². The number of nitrogens with two attached hydrogens (primary N) is 1. The zero-order chi connectivity index (χ0) is 14.4. The number of nitrogens with zero attached hydrogens (tertiary/aromatic N) is 1. The van der Waals surface area contributed by atoms with Gasteiger partial charge in [0.05, 0.1) is 11.8 Å². The molecule has 1 heterocycles. The van der Waals surface area contributed by atoms with Crippen molar-refractivity contribution in [2.75, 3.05) is 32.0 Å². The molecule has 5 nitrogen and oxygen atoms in total. The number of anilines is 1. The molecule has 5 heteroatoms. The molecular formula is C15H22N2O3. The molecular weight excluding hydrogens is 256 g/mol. The average molecular weight is 278 g/mol. The minimum atomic E-state index is -0.0161. The highest BCUT2D eigenvalue weighted by molar-refractivity contribution is 5.78. The first-order valence-electron chi connectivity index (χ1n) is 7.07. The number of benzene rings is 1. The van der Waals surface area contributed by atoms with Crippen LogP contribution in [-0.4, -0.2) is 43.2 Å². The highest BCUT2D eigenvalue weighted by atomic mass is 16.5. The SMILES string of the molecule is CCOC1CCCN(C(=O)COc2ccccc2N)C1. The van der Waals surface area contributed by atoms with Gasteiger partial charge in [0, 0.05) is 19.7 Å². The maximum atomic E-state index is 12.1. The zero-order valence-electron chi connectivity index (χ0n) is 11.9. The lowest BCUT2D eigenvalue weighted by Gasteiger charge is -2.32. The van der Waals surface area contributed by atoms with Crippen LogP contribution in [0.1, 0.15) is 19.8 Å². The number of carbonyl (C=O) groups is 1. The normalized spacial score (nSPS) is 18.9. The van der Waals surface area contributed by atoms with Crippen LogP contribution in [0.15, 0.2) is 24.3 Å². The molecule has 2 N–H and O–H groups in total. The van der Waals surface area contributed by atoms with Crippen LogP contribution in [0, 0.1) is 0 Å². The van der Waals surface area contributed by atoms with E-state index in [0.29, 0.717) is 24.6 Å². The number of ether oxygens (including phenoxy) is 2. The monoisotopic (exact) mass is 278 g/mol. The predicted molar refractivity (Wildman–Crippen MR) is 77.6 cm³/mol. The van der Waals surface area contributed by atoms with Crippen molar-refractivity contribution in [2.45, 2.75) is 25.9 Å². The number of piperidine rings is 1. The molecule has 0 radical (unpaired) electrons. The average Bonchev–Trinajstić information content (AvgIpc) is 2.47. The molecule has 2 rings (SSSR count). The van der Waals surface area contributed by atoms with Crippen molar-refractivity contribution in [3.8, 4) is 5.75 Å². The van der Waals surface area contributed by atoms with E-state index in [0.717, 1.165) is 19.4 Å². The molecule has 0 bridgehead atoms. The lowest BCUT2D eigenvalue weighted by atomic mass is 10.1. The van der Waals surface area contributed by atoms with Gasteiger partial charge < -0.3 is 20.1 Å². The lowest BCUT2D eigenvalue weighted by Crippen LogP contribution is -2.45. The molecule has 0 spiro atoms. The maximum Gasteiger partial charge on any atom is 0.260 e. The fourth-order valence-corrected chi connectivity index (χ4v) is 2.38. The molecule has 1 amide bonds. The van der Waals surface area contributed by atoms with Crippen molar-refractivity contribution >= 4 is 11.6 Å². The van der Waals surface area contributed by atoms with E-state index in [1.54, 1.807) is 12.1 Å². The Morgan fingerprint density at radius 2 is 2.25 bits per heavy atom. The Morgan fingerprint density at radius 3 is 3.00 bits per heavy atom. The molecule has 0 aliphatic carbocycles. The van der Waals surface area contributed by atoms with E-state index in [4.69, 9.17) is 15.2 Å². The van der Waals surface area contributed by atoms with Crippen LogP contribution in [-0.2, 0) is 9.53 Å². The summed E-state index contributed by atoms with van der Waals surface area (Å²) in [6.07, 6.45) is 2.15. The number of para-hydroxylation sites is 2. The Bertz CT molecular complexity index is 448. The standard InChI is InChI=1S/C15H22N2O3/c1-2-19-12-6-5-9-17(10-12)15(18)11-20-14-8-4-3-7-13(14)16/h3-4,7-8,12H,2,5-6,9-11,16H2,1H3. The summed E-state index contributed by atoms with van der Waals surface area (Å²) in [7, 11) is 0. The number of likely N-dealkylation sites (tertiary alicyclic amines) is 1. The quantitative estimate of drug-likeness (QED) is 0.832. The Kier molecular flexibility index (Phi) is 5.24. The first-order valence-corrected chi connectivity index (χ1v) is 7.07. The topological polar surface area (TPSA) is 64.8 Å². The first-order chi connectivity index (χ1) is 9.70. The fraction of sp³-hybridized carbons (Fsp3) is 0.533. The van der Waals surface area contributed by atoms with Crippen molar-refractivity contribution < 1.29 is 14.3 Å². The van der Waals surface area contributed by atoms with Gasteiger partial charge in [0.1, 0.15) is 5.75 Å². The molecule has 1 unspecified atom stereocenters. The van der Waals surface area contributed by atoms with Crippen LogP contribution in [0.4, 0.5) is 5.69 Å². The number of carbonyl (C=O) groups excluding carboxylic acids is 1. The van der Waals surface area contributed by atoms with Gasteiger partial charge in [-0.15, -0.1) is 0 Å². The van der Waals surface area contributed by atoms with Crippen molar-refractivity contribution in [1.29, 1.82) is 0 Å². The molecule has 1 fully saturated rings. The molecule has 0 aromatic heterocycles. The summed E-state index contributed by atoms with van der Waals surface area (Å²) >= 11 is 0. The minimum Gasteiger partial charge on any atom is -0.482 e. The van der Waals surface area contributed by atoms with Gasteiger partial charge in [-0.1, -0.05) is 12.1 Å². The van der Waals surface area contributed by atoms with Gasteiger partial charge in [0.15, 0.2) is 6.61 Å². The molecule has 1 aromatic rings. The smallest absolute Gasteiger partial charge is 0.260 e. The van der Waals surface area contributed by atoms with Crippen LogP contribution in [0.2, 0.25) is 0 Å². The van der Waals surface area contributed by atoms with Gasteiger partial charge in [-0.05, 0) is 31.9 Å². The van der Waals surface area contributed by atoms with E-state index < -0.39 is 0 Å². The Balaban J connectivity index is 1.84. The fourth-order valence-electron chi connectivity index (χ4n) is 2.38. The van der Waals surface area contributed by atoms with Crippen molar-refractivity contribution in [2.24, 2.45) is 0 Å². The predicted octanol–water partition coefficient (Wildman–Crippen LogP) is 1.68. The molecule has 1 aromatic carbocycles.